The molecule has 5 heteroatoms. The van der Waals surface area contributed by atoms with Crippen LogP contribution in [-0.4, -0.2) is 30.5 Å². The van der Waals surface area contributed by atoms with Crippen LogP contribution in [0.4, 0.5) is 5.69 Å². The molecule has 1 N–H and O–H groups in total. The molecule has 2 aromatic carbocycles. The summed E-state index contributed by atoms with van der Waals surface area (Å²) < 4.78 is 5.60. The van der Waals surface area contributed by atoms with Gasteiger partial charge in [0.15, 0.2) is 0 Å². The number of anilines is 1. The lowest BCUT2D eigenvalue weighted by Gasteiger charge is -2.25. The van der Waals surface area contributed by atoms with Crippen molar-refractivity contribution in [2.24, 2.45) is 0 Å². The monoisotopic (exact) mass is 349 g/mol. The van der Waals surface area contributed by atoms with Crippen LogP contribution >= 0.6 is 0 Å². The number of rotatable bonds is 4. The van der Waals surface area contributed by atoms with Gasteiger partial charge in [-0.15, -0.1) is 0 Å². The van der Waals surface area contributed by atoms with Gasteiger partial charge < -0.3 is 15.0 Å². The Morgan fingerprint density at radius 3 is 2.77 bits per heavy atom. The van der Waals surface area contributed by atoms with Crippen LogP contribution in [0.15, 0.2) is 36.4 Å². The van der Waals surface area contributed by atoms with Gasteiger partial charge in [0.05, 0.1) is 11.7 Å². The minimum Gasteiger partial charge on any atom is -0.490 e. The molecule has 26 heavy (non-hydrogen) atoms. The highest BCUT2D eigenvalue weighted by atomic mass is 16.5. The van der Waals surface area contributed by atoms with Gasteiger partial charge in [0, 0.05) is 24.3 Å². The molecule has 1 aliphatic rings. The van der Waals surface area contributed by atoms with Crippen molar-refractivity contribution in [3.05, 3.63) is 58.7 Å². The van der Waals surface area contributed by atoms with E-state index in [4.69, 9.17) is 4.74 Å². The van der Waals surface area contributed by atoms with E-state index in [2.05, 4.69) is 29.4 Å². The summed E-state index contributed by atoms with van der Waals surface area (Å²) in [5.74, 6) is 0.262. The van der Waals surface area contributed by atoms with E-state index >= 15 is 0 Å². The lowest BCUT2D eigenvalue weighted by Crippen LogP contribution is -2.26. The number of nitriles is 1. The van der Waals surface area contributed by atoms with E-state index in [1.807, 2.05) is 26.0 Å². The molecule has 0 aliphatic carbocycles. The van der Waals surface area contributed by atoms with Crippen LogP contribution in [0.1, 0.15) is 40.9 Å². The van der Waals surface area contributed by atoms with Gasteiger partial charge in [-0.25, -0.2) is 0 Å². The van der Waals surface area contributed by atoms with Crippen LogP contribution in [0.25, 0.3) is 0 Å². The highest BCUT2D eigenvalue weighted by Gasteiger charge is 2.15. The Bertz CT molecular complexity index is 868. The molecule has 3 rings (SSSR count). The number of carbonyl (C=O) groups excluding carboxylic acids is 1. The highest BCUT2D eigenvalue weighted by molar-refractivity contribution is 6.04. The molecule has 134 valence electrons. The summed E-state index contributed by atoms with van der Waals surface area (Å²) in [5, 5.41) is 12.2. The molecule has 0 radical (unpaired) electrons. The number of likely N-dealkylation sites (N-methyl/N-ethyl adjacent to an activating group) is 1. The van der Waals surface area contributed by atoms with Crippen LogP contribution in [0.5, 0.6) is 5.75 Å². The topological polar surface area (TPSA) is 65.4 Å². The lowest BCUT2D eigenvalue weighted by atomic mass is 9.99. The molecule has 1 heterocycles. The Balaban J connectivity index is 1.78. The fraction of sp³-hybridized carbons (Fsp3) is 0.333. The van der Waals surface area contributed by atoms with E-state index in [1.165, 1.54) is 11.1 Å². The van der Waals surface area contributed by atoms with Crippen molar-refractivity contribution in [1.82, 2.24) is 4.90 Å². The number of hydrogen-bond acceptors (Lipinski definition) is 4. The molecular weight excluding hydrogens is 326 g/mol. The molecule has 0 aromatic heterocycles. The highest BCUT2D eigenvalue weighted by Crippen LogP contribution is 2.24. The summed E-state index contributed by atoms with van der Waals surface area (Å²) in [6, 6.07) is 13.1. The van der Waals surface area contributed by atoms with Crippen LogP contribution < -0.4 is 10.1 Å². The van der Waals surface area contributed by atoms with Gasteiger partial charge in [0.1, 0.15) is 11.8 Å². The van der Waals surface area contributed by atoms with E-state index in [0.717, 1.165) is 25.2 Å². The molecule has 0 spiro atoms. The number of ether oxygens (including phenoxy) is 1. The second-order valence-electron chi connectivity index (χ2n) is 6.91. The van der Waals surface area contributed by atoms with Crippen LogP contribution in [0.2, 0.25) is 0 Å². The number of hydrogen-bond donors (Lipinski definition) is 1. The third-order valence-electron chi connectivity index (χ3n) is 4.39. The smallest absolute Gasteiger partial charge is 0.255 e. The first-order chi connectivity index (χ1) is 12.5. The van der Waals surface area contributed by atoms with Crippen LogP contribution in [0.3, 0.4) is 0 Å². The Kier molecular flexibility index (Phi) is 5.24. The van der Waals surface area contributed by atoms with Crippen molar-refractivity contribution in [2.45, 2.75) is 32.9 Å². The van der Waals surface area contributed by atoms with E-state index in [-0.39, 0.29) is 12.0 Å². The van der Waals surface area contributed by atoms with Gasteiger partial charge in [0.2, 0.25) is 0 Å². The number of benzene rings is 2. The number of amides is 1. The molecule has 0 fully saturated rings. The fourth-order valence-electron chi connectivity index (χ4n) is 3.09. The van der Waals surface area contributed by atoms with Gasteiger partial charge in [0.25, 0.3) is 5.91 Å². The van der Waals surface area contributed by atoms with Crippen LogP contribution in [0, 0.1) is 11.3 Å². The Labute approximate surface area is 154 Å². The molecule has 1 aliphatic heterocycles. The maximum atomic E-state index is 12.6. The minimum absolute atomic E-state index is 0.0320. The molecule has 0 saturated carbocycles. The summed E-state index contributed by atoms with van der Waals surface area (Å²) >= 11 is 0. The van der Waals surface area contributed by atoms with Crippen molar-refractivity contribution in [2.75, 3.05) is 18.9 Å². The van der Waals surface area contributed by atoms with Crippen molar-refractivity contribution in [3.8, 4) is 11.8 Å². The molecule has 0 saturated heterocycles. The molecule has 0 unspecified atom stereocenters. The zero-order valence-electron chi connectivity index (χ0n) is 15.4. The first-order valence-electron chi connectivity index (χ1n) is 8.79. The average molecular weight is 349 g/mol. The molecule has 5 nitrogen and oxygen atoms in total. The fourth-order valence-corrected chi connectivity index (χ4v) is 3.09. The van der Waals surface area contributed by atoms with Crippen molar-refractivity contribution in [1.29, 1.82) is 5.26 Å². The van der Waals surface area contributed by atoms with E-state index in [0.29, 0.717) is 16.9 Å². The third kappa shape index (κ3) is 4.04. The minimum atomic E-state index is -0.235. The Hall–Kier alpha value is -2.84. The maximum Gasteiger partial charge on any atom is 0.255 e. The SMILES string of the molecule is CC(C)Oc1ccc(C(=O)Nc2ccc3c(c2)CN(C)CC3)cc1C#N. The van der Waals surface area contributed by atoms with E-state index in [9.17, 15) is 10.1 Å². The summed E-state index contributed by atoms with van der Waals surface area (Å²) in [6.45, 7) is 5.74. The van der Waals surface area contributed by atoms with E-state index in [1.54, 1.807) is 18.2 Å². The van der Waals surface area contributed by atoms with Gasteiger partial charge in [-0.2, -0.15) is 5.26 Å². The molecule has 0 bridgehead atoms. The standard InChI is InChI=1S/C21H23N3O2/c1-14(2)26-20-7-5-16(10-17(20)12-22)21(25)23-19-6-4-15-8-9-24(3)13-18(15)11-19/h4-7,10-11,14H,8-9,13H2,1-3H3,(H,23,25). The first kappa shape index (κ1) is 18.0. The number of nitrogens with one attached hydrogen (secondary N) is 1. The van der Waals surface area contributed by atoms with Gasteiger partial charge in [-0.1, -0.05) is 6.07 Å². The maximum absolute atomic E-state index is 12.6. The second-order valence-corrected chi connectivity index (χ2v) is 6.91. The molecule has 0 atom stereocenters. The summed E-state index contributed by atoms with van der Waals surface area (Å²) in [4.78, 5) is 14.8. The summed E-state index contributed by atoms with van der Waals surface area (Å²) in [5.41, 5.74) is 4.15. The summed E-state index contributed by atoms with van der Waals surface area (Å²) in [6.07, 6.45) is 0.999. The average Bonchev–Trinajstić information content (AvgIpc) is 2.61. The molecule has 2 aromatic rings. The largest absolute Gasteiger partial charge is 0.490 e. The number of fused-ring (bicyclic) bond motifs is 1. The van der Waals surface area contributed by atoms with Crippen LogP contribution in [-0.2, 0) is 13.0 Å². The Morgan fingerprint density at radius 2 is 2.04 bits per heavy atom. The van der Waals surface area contributed by atoms with Crippen molar-refractivity contribution >= 4 is 11.6 Å². The number of nitrogens with zero attached hydrogens (tertiary/aromatic N) is 2. The van der Waals surface area contributed by atoms with E-state index < -0.39 is 0 Å². The van der Waals surface area contributed by atoms with Crippen molar-refractivity contribution in [3.63, 3.8) is 0 Å². The summed E-state index contributed by atoms with van der Waals surface area (Å²) in [7, 11) is 2.10. The normalized spacial score (nSPS) is 13.8. The Morgan fingerprint density at radius 1 is 1.23 bits per heavy atom. The quantitative estimate of drug-likeness (QED) is 0.916. The number of carbonyl (C=O) groups is 1. The predicted octanol–water partition coefficient (Wildman–Crippen LogP) is 3.59. The predicted molar refractivity (Wildman–Crippen MR) is 101 cm³/mol. The van der Waals surface area contributed by atoms with Gasteiger partial charge >= 0.3 is 0 Å². The zero-order valence-corrected chi connectivity index (χ0v) is 15.4. The molecule has 1 amide bonds. The van der Waals surface area contributed by atoms with Gasteiger partial charge in [-0.05, 0) is 68.8 Å². The van der Waals surface area contributed by atoms with Crippen molar-refractivity contribution < 1.29 is 9.53 Å². The van der Waals surface area contributed by atoms with Gasteiger partial charge in [-0.3, -0.25) is 4.79 Å². The molecular formula is C21H23N3O2. The second kappa shape index (κ2) is 7.59. The lowest BCUT2D eigenvalue weighted by molar-refractivity contribution is 0.102. The third-order valence-corrected chi connectivity index (χ3v) is 4.39. The zero-order chi connectivity index (χ0) is 18.7. The first-order valence-corrected chi connectivity index (χ1v) is 8.79.